The van der Waals surface area contributed by atoms with Crippen molar-refractivity contribution in [2.75, 3.05) is 19.5 Å². The van der Waals surface area contributed by atoms with Crippen LogP contribution >= 0.6 is 0 Å². The lowest BCUT2D eigenvalue weighted by molar-refractivity contribution is -0.115. The summed E-state index contributed by atoms with van der Waals surface area (Å²) in [5.74, 6) is 1.09. The van der Waals surface area contributed by atoms with Gasteiger partial charge in [0.05, 0.1) is 20.6 Å². The lowest BCUT2D eigenvalue weighted by atomic mass is 10.00. The van der Waals surface area contributed by atoms with E-state index in [0.29, 0.717) is 28.7 Å². The summed E-state index contributed by atoms with van der Waals surface area (Å²) in [4.78, 5) is 24.5. The van der Waals surface area contributed by atoms with Gasteiger partial charge >= 0.3 is 0 Å². The van der Waals surface area contributed by atoms with Gasteiger partial charge in [0, 0.05) is 29.4 Å². The number of ether oxygens (including phenoxy) is 2. The highest BCUT2D eigenvalue weighted by Gasteiger charge is 2.13. The highest BCUT2D eigenvalue weighted by Crippen LogP contribution is 2.25. The molecule has 0 saturated heterocycles. The average molecular weight is 355 g/mol. The van der Waals surface area contributed by atoms with Crippen LogP contribution in [0.1, 0.15) is 36.2 Å². The van der Waals surface area contributed by atoms with Gasteiger partial charge < -0.3 is 14.8 Å². The highest BCUT2D eigenvalue weighted by atomic mass is 16.5. The summed E-state index contributed by atoms with van der Waals surface area (Å²) in [6.45, 7) is 4.30. The molecular weight excluding hydrogens is 330 g/mol. The number of rotatable bonds is 8. The van der Waals surface area contributed by atoms with Crippen molar-refractivity contribution in [1.82, 2.24) is 0 Å². The Kier molecular flexibility index (Phi) is 6.78. The Morgan fingerprint density at radius 3 is 2.04 bits per heavy atom. The normalized spacial score (nSPS) is 10.5. The van der Waals surface area contributed by atoms with Crippen molar-refractivity contribution < 1.29 is 19.1 Å². The number of Topliss-reactive ketones (excluding diaryl/α,β-unsaturated/α-hetero) is 1. The Morgan fingerprint density at radius 1 is 0.962 bits per heavy atom. The first-order chi connectivity index (χ1) is 12.4. The third kappa shape index (κ3) is 5.62. The maximum Gasteiger partial charge on any atom is 0.232 e. The number of amides is 1. The number of benzene rings is 2. The quantitative estimate of drug-likeness (QED) is 0.572. The van der Waals surface area contributed by atoms with Gasteiger partial charge in [0.15, 0.2) is 5.78 Å². The molecule has 0 atom stereocenters. The van der Waals surface area contributed by atoms with Gasteiger partial charge in [-0.15, -0.1) is 0 Å². The van der Waals surface area contributed by atoms with E-state index in [1.807, 2.05) is 12.1 Å². The number of ketones is 1. The molecule has 0 radical (unpaired) electrons. The molecule has 0 heterocycles. The molecule has 0 aliphatic carbocycles. The van der Waals surface area contributed by atoms with Crippen LogP contribution in [0.5, 0.6) is 11.5 Å². The minimum Gasteiger partial charge on any atom is -0.497 e. The maximum atomic E-state index is 12.3. The lowest BCUT2D eigenvalue weighted by Crippen LogP contribution is -2.16. The summed E-state index contributed by atoms with van der Waals surface area (Å²) in [6.07, 6.45) is 0.746. The summed E-state index contributed by atoms with van der Waals surface area (Å²) in [6, 6.07) is 12.5. The van der Waals surface area contributed by atoms with E-state index in [-0.39, 0.29) is 18.1 Å². The molecule has 0 fully saturated rings. The molecule has 2 rings (SSSR count). The second-order valence-electron chi connectivity index (χ2n) is 6.54. The van der Waals surface area contributed by atoms with Gasteiger partial charge in [-0.1, -0.05) is 38.1 Å². The Hall–Kier alpha value is -2.82. The van der Waals surface area contributed by atoms with Gasteiger partial charge in [-0.2, -0.15) is 0 Å². The van der Waals surface area contributed by atoms with Gasteiger partial charge in [-0.25, -0.2) is 0 Å². The molecule has 1 amide bonds. The molecule has 26 heavy (non-hydrogen) atoms. The molecule has 2 aromatic rings. The number of hydrogen-bond acceptors (Lipinski definition) is 4. The number of nitrogens with one attached hydrogen (secondary N) is 1. The Balaban J connectivity index is 2.00. The second kappa shape index (κ2) is 9.04. The van der Waals surface area contributed by atoms with Crippen molar-refractivity contribution in [1.29, 1.82) is 0 Å². The van der Waals surface area contributed by atoms with E-state index in [9.17, 15) is 9.59 Å². The zero-order valence-electron chi connectivity index (χ0n) is 15.7. The minimum absolute atomic E-state index is 0.214. The second-order valence-corrected chi connectivity index (χ2v) is 6.54. The van der Waals surface area contributed by atoms with Crippen molar-refractivity contribution >= 4 is 17.4 Å². The molecule has 0 bridgehead atoms. The van der Waals surface area contributed by atoms with E-state index >= 15 is 0 Å². The maximum absolute atomic E-state index is 12.3. The summed E-state index contributed by atoms with van der Waals surface area (Å²) in [7, 11) is 3.07. The largest absolute Gasteiger partial charge is 0.497 e. The predicted octanol–water partition coefficient (Wildman–Crippen LogP) is 4.11. The number of anilines is 1. The van der Waals surface area contributed by atoms with Gasteiger partial charge in [0.25, 0.3) is 0 Å². The third-order valence-electron chi connectivity index (χ3n) is 3.88. The first kappa shape index (κ1) is 19.5. The highest BCUT2D eigenvalue weighted by molar-refractivity contribution is 6.11. The van der Waals surface area contributed by atoms with Crippen LogP contribution in [-0.2, 0) is 11.2 Å². The monoisotopic (exact) mass is 355 g/mol. The SMILES string of the molecule is COc1cc(NC(=O)CC(=O)c2ccc(CC(C)C)cc2)cc(OC)c1. The first-order valence-electron chi connectivity index (χ1n) is 8.56. The van der Waals surface area contributed by atoms with Crippen molar-refractivity contribution in [3.63, 3.8) is 0 Å². The third-order valence-corrected chi connectivity index (χ3v) is 3.88. The molecule has 5 nitrogen and oxygen atoms in total. The molecular formula is C21H25NO4. The Labute approximate surface area is 154 Å². The van der Waals surface area contributed by atoms with E-state index in [1.165, 1.54) is 19.8 Å². The van der Waals surface area contributed by atoms with Crippen molar-refractivity contribution in [2.24, 2.45) is 5.92 Å². The lowest BCUT2D eigenvalue weighted by Gasteiger charge is -2.10. The van der Waals surface area contributed by atoms with E-state index < -0.39 is 0 Å². The smallest absolute Gasteiger partial charge is 0.232 e. The van der Waals surface area contributed by atoms with E-state index in [1.54, 1.807) is 30.3 Å². The zero-order valence-corrected chi connectivity index (χ0v) is 15.7. The standard InChI is InChI=1S/C21H25NO4/c1-14(2)9-15-5-7-16(8-6-15)20(23)13-21(24)22-17-10-18(25-3)12-19(11-17)26-4/h5-8,10-12,14H,9,13H2,1-4H3,(H,22,24). The number of carbonyl (C=O) groups is 2. The van der Waals surface area contributed by atoms with Gasteiger partial charge in [0.1, 0.15) is 11.5 Å². The number of carbonyl (C=O) groups excluding carboxylic acids is 2. The summed E-state index contributed by atoms with van der Waals surface area (Å²) in [5, 5.41) is 2.71. The molecule has 0 aromatic heterocycles. The van der Waals surface area contributed by atoms with Crippen LogP contribution in [0.4, 0.5) is 5.69 Å². The van der Waals surface area contributed by atoms with Gasteiger partial charge in [0.2, 0.25) is 5.91 Å². The molecule has 5 heteroatoms. The molecule has 138 valence electrons. The van der Waals surface area contributed by atoms with E-state index in [0.717, 1.165) is 6.42 Å². The van der Waals surface area contributed by atoms with Gasteiger partial charge in [-0.05, 0) is 17.9 Å². The van der Waals surface area contributed by atoms with E-state index in [4.69, 9.17) is 9.47 Å². The minimum atomic E-state index is -0.378. The fraction of sp³-hybridized carbons (Fsp3) is 0.333. The summed E-state index contributed by atoms with van der Waals surface area (Å²) < 4.78 is 10.3. The van der Waals surface area contributed by atoms with Crippen molar-refractivity contribution in [3.05, 3.63) is 53.6 Å². The van der Waals surface area contributed by atoms with E-state index in [2.05, 4.69) is 19.2 Å². The van der Waals surface area contributed by atoms with Crippen LogP contribution in [-0.4, -0.2) is 25.9 Å². The van der Waals surface area contributed by atoms with Crippen molar-refractivity contribution in [2.45, 2.75) is 26.7 Å². The molecule has 0 saturated carbocycles. The summed E-state index contributed by atoms with van der Waals surface area (Å²) in [5.41, 5.74) is 2.24. The van der Waals surface area contributed by atoms with Crippen LogP contribution < -0.4 is 14.8 Å². The predicted molar refractivity (Wildman–Crippen MR) is 102 cm³/mol. The van der Waals surface area contributed by atoms with Crippen LogP contribution in [0.25, 0.3) is 0 Å². The fourth-order valence-corrected chi connectivity index (χ4v) is 2.63. The fourth-order valence-electron chi connectivity index (χ4n) is 2.63. The summed E-state index contributed by atoms with van der Waals surface area (Å²) >= 11 is 0. The molecule has 0 aliphatic heterocycles. The van der Waals surface area contributed by atoms with Crippen molar-refractivity contribution in [3.8, 4) is 11.5 Å². The Morgan fingerprint density at radius 2 is 1.54 bits per heavy atom. The van der Waals surface area contributed by atoms with Crippen LogP contribution in [0.3, 0.4) is 0 Å². The molecule has 0 spiro atoms. The number of methoxy groups -OCH3 is 2. The first-order valence-corrected chi connectivity index (χ1v) is 8.56. The van der Waals surface area contributed by atoms with Crippen LogP contribution in [0.15, 0.2) is 42.5 Å². The molecule has 0 aliphatic rings. The van der Waals surface area contributed by atoms with Crippen LogP contribution in [0.2, 0.25) is 0 Å². The van der Waals surface area contributed by atoms with Gasteiger partial charge in [-0.3, -0.25) is 9.59 Å². The topological polar surface area (TPSA) is 64.6 Å². The molecule has 1 N–H and O–H groups in total. The Bertz CT molecular complexity index is 744. The van der Waals surface area contributed by atoms with Crippen LogP contribution in [0, 0.1) is 5.92 Å². The number of hydrogen-bond donors (Lipinski definition) is 1. The zero-order chi connectivity index (χ0) is 19.1. The average Bonchev–Trinajstić information content (AvgIpc) is 2.61. The molecule has 2 aromatic carbocycles. The molecule has 0 unspecified atom stereocenters.